The second kappa shape index (κ2) is 5.92. The predicted octanol–water partition coefficient (Wildman–Crippen LogP) is 6.31. The van der Waals surface area contributed by atoms with Gasteiger partial charge in [0.1, 0.15) is 0 Å². The lowest BCUT2D eigenvalue weighted by molar-refractivity contribution is -0.00579. The fourth-order valence-corrected chi connectivity index (χ4v) is 4.07. The third-order valence-corrected chi connectivity index (χ3v) is 6.08. The summed E-state index contributed by atoms with van der Waals surface area (Å²) in [6.07, 6.45) is 11.4. The standard InChI is InChI=1S/2C10H16/c1-7-4-5-8-6-9(7)10(8,2)3;1-8(2)10-6-4-9(3)5-7-10/h4,8-9H,5-6H2,1-3H3;4,10H,1,5-7H2,2-3H3. The predicted molar refractivity (Wildman–Crippen MR) is 89.7 cm³/mol. The number of rotatable bonds is 1. The molecule has 1 saturated carbocycles. The van der Waals surface area contributed by atoms with Gasteiger partial charge in [0, 0.05) is 0 Å². The summed E-state index contributed by atoms with van der Waals surface area (Å²) in [5.41, 5.74) is 5.19. The van der Waals surface area contributed by atoms with E-state index in [2.05, 4.69) is 53.3 Å². The third-order valence-electron chi connectivity index (χ3n) is 6.08. The van der Waals surface area contributed by atoms with Crippen LogP contribution in [0.4, 0.5) is 0 Å². The van der Waals surface area contributed by atoms with E-state index in [9.17, 15) is 0 Å². The minimum absolute atomic E-state index is 0.638. The van der Waals surface area contributed by atoms with Gasteiger partial charge in [-0.2, -0.15) is 0 Å². The molecule has 3 atom stereocenters. The van der Waals surface area contributed by atoms with Crippen LogP contribution in [0.25, 0.3) is 0 Å². The Hall–Kier alpha value is -0.780. The zero-order chi connectivity index (χ0) is 14.9. The number of fused-ring (bicyclic) bond motifs is 1. The lowest BCUT2D eigenvalue weighted by Crippen LogP contribution is -2.47. The lowest BCUT2D eigenvalue weighted by atomic mass is 9.49. The first-order valence-corrected chi connectivity index (χ1v) is 8.30. The quantitative estimate of drug-likeness (QED) is 0.491. The van der Waals surface area contributed by atoms with Crippen LogP contribution in [-0.4, -0.2) is 0 Å². The van der Waals surface area contributed by atoms with Gasteiger partial charge in [-0.05, 0) is 76.0 Å². The van der Waals surface area contributed by atoms with Gasteiger partial charge in [0.15, 0.2) is 0 Å². The molecule has 112 valence electrons. The Morgan fingerprint density at radius 1 is 1.20 bits per heavy atom. The van der Waals surface area contributed by atoms with Crippen molar-refractivity contribution in [3.05, 3.63) is 35.5 Å². The van der Waals surface area contributed by atoms with Crippen LogP contribution >= 0.6 is 0 Å². The number of allylic oxidation sites excluding steroid dienone is 5. The Balaban J connectivity index is 0.000000147. The van der Waals surface area contributed by atoms with Crippen molar-refractivity contribution in [3.63, 3.8) is 0 Å². The second-order valence-electron chi connectivity index (χ2n) is 7.86. The van der Waals surface area contributed by atoms with Crippen molar-refractivity contribution in [2.24, 2.45) is 23.2 Å². The highest BCUT2D eigenvalue weighted by Gasteiger charge is 2.49. The molecule has 0 aliphatic heterocycles. The van der Waals surface area contributed by atoms with Crippen LogP contribution in [0.5, 0.6) is 0 Å². The average molecular weight is 272 g/mol. The van der Waals surface area contributed by atoms with Gasteiger partial charge >= 0.3 is 0 Å². The van der Waals surface area contributed by atoms with Crippen LogP contribution in [0.1, 0.15) is 66.7 Å². The monoisotopic (exact) mass is 272 g/mol. The highest BCUT2D eigenvalue weighted by Crippen LogP contribution is 2.58. The first-order chi connectivity index (χ1) is 9.32. The van der Waals surface area contributed by atoms with Crippen LogP contribution in [0, 0.1) is 23.2 Å². The molecule has 0 aromatic rings. The van der Waals surface area contributed by atoms with E-state index in [-0.39, 0.29) is 0 Å². The second-order valence-corrected chi connectivity index (χ2v) is 7.86. The van der Waals surface area contributed by atoms with E-state index in [1.54, 1.807) is 11.1 Å². The largest absolute Gasteiger partial charge is 0.0998 e. The van der Waals surface area contributed by atoms with Crippen molar-refractivity contribution in [2.45, 2.75) is 66.7 Å². The zero-order valence-electron chi connectivity index (χ0n) is 14.1. The Kier molecular flexibility index (Phi) is 4.62. The Bertz CT molecular complexity index is 433. The maximum Gasteiger partial charge on any atom is -0.0149 e. The fourth-order valence-electron chi connectivity index (χ4n) is 4.07. The van der Waals surface area contributed by atoms with Crippen molar-refractivity contribution in [2.75, 3.05) is 0 Å². The van der Waals surface area contributed by atoms with E-state index in [0.29, 0.717) is 5.41 Å². The summed E-state index contributed by atoms with van der Waals surface area (Å²) < 4.78 is 0. The third kappa shape index (κ3) is 3.10. The Labute approximate surface area is 126 Å². The molecular formula is C20H32. The van der Waals surface area contributed by atoms with E-state index in [1.165, 1.54) is 37.7 Å². The normalized spacial score (nSPS) is 34.0. The van der Waals surface area contributed by atoms with Gasteiger partial charge < -0.3 is 0 Å². The van der Waals surface area contributed by atoms with Crippen LogP contribution in [-0.2, 0) is 0 Å². The maximum atomic E-state index is 3.97. The van der Waals surface area contributed by atoms with Gasteiger partial charge in [0.05, 0.1) is 0 Å². The average Bonchev–Trinajstić information content (AvgIpc) is 2.39. The number of hydrogen-bond acceptors (Lipinski definition) is 0. The molecule has 20 heavy (non-hydrogen) atoms. The van der Waals surface area contributed by atoms with Gasteiger partial charge in [-0.3, -0.25) is 0 Å². The molecule has 1 fully saturated rings. The minimum atomic E-state index is 0.638. The van der Waals surface area contributed by atoms with Crippen LogP contribution < -0.4 is 0 Å². The van der Waals surface area contributed by atoms with Crippen molar-refractivity contribution >= 4 is 0 Å². The molecular weight excluding hydrogens is 240 g/mol. The van der Waals surface area contributed by atoms with Crippen molar-refractivity contribution in [1.82, 2.24) is 0 Å². The molecule has 2 bridgehead atoms. The summed E-state index contributed by atoms with van der Waals surface area (Å²) in [5, 5.41) is 0. The van der Waals surface area contributed by atoms with E-state index < -0.39 is 0 Å². The van der Waals surface area contributed by atoms with Gasteiger partial charge in [0.25, 0.3) is 0 Å². The summed E-state index contributed by atoms with van der Waals surface area (Å²) in [4.78, 5) is 0. The first kappa shape index (κ1) is 15.6. The topological polar surface area (TPSA) is 0 Å². The smallest absolute Gasteiger partial charge is 0.0149 e. The number of hydrogen-bond donors (Lipinski definition) is 0. The van der Waals surface area contributed by atoms with Crippen LogP contribution in [0.15, 0.2) is 35.5 Å². The summed E-state index contributed by atoms with van der Waals surface area (Å²) in [6.45, 7) is 15.5. The van der Waals surface area contributed by atoms with Crippen LogP contribution in [0.2, 0.25) is 0 Å². The van der Waals surface area contributed by atoms with E-state index in [1.807, 2.05) is 0 Å². The Morgan fingerprint density at radius 2 is 1.90 bits per heavy atom. The molecule has 0 heterocycles. The van der Waals surface area contributed by atoms with Gasteiger partial charge in [-0.25, -0.2) is 0 Å². The van der Waals surface area contributed by atoms with Gasteiger partial charge in [-0.15, -0.1) is 0 Å². The zero-order valence-corrected chi connectivity index (χ0v) is 14.1. The van der Waals surface area contributed by atoms with Crippen molar-refractivity contribution < 1.29 is 0 Å². The minimum Gasteiger partial charge on any atom is -0.0998 e. The molecule has 4 aliphatic carbocycles. The van der Waals surface area contributed by atoms with E-state index in [4.69, 9.17) is 0 Å². The molecule has 3 unspecified atom stereocenters. The highest BCUT2D eigenvalue weighted by molar-refractivity contribution is 5.21. The molecule has 0 saturated heterocycles. The lowest BCUT2D eigenvalue weighted by Gasteiger charge is -2.56. The summed E-state index contributed by atoms with van der Waals surface area (Å²) >= 11 is 0. The van der Waals surface area contributed by atoms with Crippen molar-refractivity contribution in [1.29, 1.82) is 0 Å². The maximum absolute atomic E-state index is 3.97. The molecule has 4 aliphatic rings. The van der Waals surface area contributed by atoms with Gasteiger partial charge in [0.2, 0.25) is 0 Å². The fraction of sp³-hybridized carbons (Fsp3) is 0.700. The molecule has 0 aromatic carbocycles. The molecule has 0 amide bonds. The molecule has 0 radical (unpaired) electrons. The highest BCUT2D eigenvalue weighted by atomic mass is 14.5. The molecule has 0 nitrogen and oxygen atoms in total. The summed E-state index contributed by atoms with van der Waals surface area (Å²) in [7, 11) is 0. The van der Waals surface area contributed by atoms with Gasteiger partial charge in [-0.1, -0.05) is 49.3 Å². The molecule has 0 aromatic heterocycles. The first-order valence-electron chi connectivity index (χ1n) is 8.30. The SMILES string of the molecule is C=C(C)C1CC=C(C)CC1.CC1=CCC2CC1C2(C)C. The molecule has 4 rings (SSSR count). The van der Waals surface area contributed by atoms with Crippen molar-refractivity contribution in [3.8, 4) is 0 Å². The molecule has 0 heteroatoms. The summed E-state index contributed by atoms with van der Waals surface area (Å²) in [6, 6.07) is 0. The van der Waals surface area contributed by atoms with Crippen LogP contribution in [0.3, 0.4) is 0 Å². The summed E-state index contributed by atoms with van der Waals surface area (Å²) in [5.74, 6) is 2.69. The molecule has 0 spiro atoms. The van der Waals surface area contributed by atoms with E-state index in [0.717, 1.165) is 17.8 Å². The molecule has 0 N–H and O–H groups in total. The van der Waals surface area contributed by atoms with E-state index >= 15 is 0 Å². The Morgan fingerprint density at radius 3 is 2.25 bits per heavy atom.